The first-order valence-corrected chi connectivity index (χ1v) is 10.8. The van der Waals surface area contributed by atoms with Crippen molar-refractivity contribution in [3.8, 4) is 0 Å². The number of rotatable bonds is 1. The maximum Gasteiger partial charge on any atom is 0.0563 e. The maximum absolute atomic E-state index is 2.66. The van der Waals surface area contributed by atoms with E-state index in [0.717, 1.165) is 6.42 Å². The van der Waals surface area contributed by atoms with Crippen molar-refractivity contribution in [1.29, 1.82) is 0 Å². The first-order chi connectivity index (χ1) is 12.9. The minimum atomic E-state index is 0.451. The molecule has 1 aromatic heterocycles. The van der Waals surface area contributed by atoms with Crippen LogP contribution in [0.1, 0.15) is 54.0 Å². The molecule has 0 saturated carbocycles. The standard InChI is InChI=1S/C24H23NS/c1-4-10-21-17(7-1)18-8-2-5-11-22(18)25(21)16-13-14-24-20(15-16)19-9-3-6-12-23(19)26-24/h1,4,7,9-14,16,18H,2-3,5-6,8,15H2. The molecule has 2 aromatic rings. The summed E-state index contributed by atoms with van der Waals surface area (Å²) in [5.74, 6) is 0.617. The largest absolute Gasteiger partial charge is 0.337 e. The van der Waals surface area contributed by atoms with Gasteiger partial charge >= 0.3 is 0 Å². The molecule has 1 aliphatic heterocycles. The molecule has 2 heterocycles. The molecule has 4 aliphatic rings. The van der Waals surface area contributed by atoms with Gasteiger partial charge in [-0.25, -0.2) is 0 Å². The molecular formula is C24H23NS. The second-order valence-corrected chi connectivity index (χ2v) is 8.96. The van der Waals surface area contributed by atoms with Crippen molar-refractivity contribution >= 4 is 35.3 Å². The van der Waals surface area contributed by atoms with Gasteiger partial charge in [-0.1, -0.05) is 42.5 Å². The van der Waals surface area contributed by atoms with Crippen molar-refractivity contribution < 1.29 is 0 Å². The zero-order chi connectivity index (χ0) is 17.1. The highest BCUT2D eigenvalue weighted by molar-refractivity contribution is 7.11. The SMILES string of the molecule is C1=CC(N2C3=CCCCC3c3ccccc32)Cc2c1sc1c2=CCCC=1. The summed E-state index contributed by atoms with van der Waals surface area (Å²) in [6.45, 7) is 0. The number of allylic oxidation sites excluding steroid dienone is 2. The Balaban J connectivity index is 1.46. The van der Waals surface area contributed by atoms with Gasteiger partial charge in [0.05, 0.1) is 6.04 Å². The van der Waals surface area contributed by atoms with Crippen LogP contribution in [0.2, 0.25) is 0 Å². The van der Waals surface area contributed by atoms with Gasteiger partial charge in [-0.2, -0.15) is 0 Å². The lowest BCUT2D eigenvalue weighted by Gasteiger charge is -2.33. The normalized spacial score (nSPS) is 25.4. The molecule has 2 unspecified atom stereocenters. The topological polar surface area (TPSA) is 3.24 Å². The van der Waals surface area contributed by atoms with Crippen LogP contribution in [0.5, 0.6) is 0 Å². The van der Waals surface area contributed by atoms with Crippen LogP contribution >= 0.6 is 11.3 Å². The fourth-order valence-electron chi connectivity index (χ4n) is 5.29. The van der Waals surface area contributed by atoms with Gasteiger partial charge in [0, 0.05) is 26.7 Å². The maximum atomic E-state index is 2.66. The molecule has 0 radical (unpaired) electrons. The second kappa shape index (κ2) is 5.72. The van der Waals surface area contributed by atoms with E-state index in [1.54, 1.807) is 16.8 Å². The molecule has 26 heavy (non-hydrogen) atoms. The van der Waals surface area contributed by atoms with Gasteiger partial charge in [-0.05, 0) is 67.0 Å². The van der Waals surface area contributed by atoms with E-state index >= 15 is 0 Å². The van der Waals surface area contributed by atoms with Gasteiger partial charge in [0.15, 0.2) is 0 Å². The third-order valence-corrected chi connectivity index (χ3v) is 7.63. The predicted molar refractivity (Wildman–Crippen MR) is 112 cm³/mol. The zero-order valence-electron chi connectivity index (χ0n) is 14.9. The van der Waals surface area contributed by atoms with Crippen molar-refractivity contribution in [2.75, 3.05) is 4.90 Å². The summed E-state index contributed by atoms with van der Waals surface area (Å²) in [4.78, 5) is 4.15. The molecule has 0 N–H and O–H groups in total. The summed E-state index contributed by atoms with van der Waals surface area (Å²) >= 11 is 1.98. The molecule has 0 amide bonds. The highest BCUT2D eigenvalue weighted by Crippen LogP contribution is 2.49. The van der Waals surface area contributed by atoms with Crippen molar-refractivity contribution in [2.24, 2.45) is 0 Å². The monoisotopic (exact) mass is 357 g/mol. The third-order valence-electron chi connectivity index (χ3n) is 6.42. The molecule has 2 atom stereocenters. The second-order valence-electron chi connectivity index (χ2n) is 7.88. The number of nitrogens with zero attached hydrogens (tertiary/aromatic N) is 1. The van der Waals surface area contributed by atoms with E-state index < -0.39 is 0 Å². The smallest absolute Gasteiger partial charge is 0.0563 e. The van der Waals surface area contributed by atoms with Crippen molar-refractivity contribution in [3.63, 3.8) is 0 Å². The van der Waals surface area contributed by atoms with Gasteiger partial charge in [-0.15, -0.1) is 11.3 Å². The number of benzene rings is 1. The molecule has 0 fully saturated rings. The van der Waals surface area contributed by atoms with E-state index in [1.807, 2.05) is 11.3 Å². The van der Waals surface area contributed by atoms with Crippen LogP contribution in [0.4, 0.5) is 5.69 Å². The number of hydrogen-bond acceptors (Lipinski definition) is 2. The van der Waals surface area contributed by atoms with E-state index in [9.17, 15) is 0 Å². The number of anilines is 1. The minimum absolute atomic E-state index is 0.451. The average Bonchev–Trinajstić information content (AvgIpc) is 3.23. The molecule has 2 heteroatoms. The van der Waals surface area contributed by atoms with Gasteiger partial charge in [0.25, 0.3) is 0 Å². The first kappa shape index (κ1) is 15.0. The Bertz CT molecular complexity index is 1070. The van der Waals surface area contributed by atoms with Crippen LogP contribution in [0.15, 0.2) is 42.1 Å². The summed E-state index contributed by atoms with van der Waals surface area (Å²) in [5, 5.41) is 1.53. The van der Waals surface area contributed by atoms with Crippen molar-refractivity contribution in [3.05, 3.63) is 67.9 Å². The lowest BCUT2D eigenvalue weighted by Crippen LogP contribution is -2.37. The van der Waals surface area contributed by atoms with Crippen LogP contribution in [-0.4, -0.2) is 6.04 Å². The van der Waals surface area contributed by atoms with Crippen molar-refractivity contribution in [1.82, 2.24) is 0 Å². The zero-order valence-corrected chi connectivity index (χ0v) is 15.8. The molecule has 0 bridgehead atoms. The Morgan fingerprint density at radius 1 is 1.00 bits per heavy atom. The number of hydrogen-bond donors (Lipinski definition) is 0. The fourth-order valence-corrected chi connectivity index (χ4v) is 6.50. The molecule has 6 rings (SSSR count). The molecule has 130 valence electrons. The lowest BCUT2D eigenvalue weighted by atomic mass is 9.88. The van der Waals surface area contributed by atoms with Crippen molar-refractivity contribution in [2.45, 2.75) is 50.5 Å². The highest BCUT2D eigenvalue weighted by atomic mass is 32.1. The van der Waals surface area contributed by atoms with E-state index in [4.69, 9.17) is 0 Å². The van der Waals surface area contributed by atoms with Crippen LogP contribution < -0.4 is 14.7 Å². The van der Waals surface area contributed by atoms with E-state index in [-0.39, 0.29) is 0 Å². The minimum Gasteiger partial charge on any atom is -0.337 e. The number of thiophene rings is 1. The van der Waals surface area contributed by atoms with Crippen LogP contribution in [0, 0.1) is 0 Å². The first-order valence-electron chi connectivity index (χ1n) is 9.98. The summed E-state index contributed by atoms with van der Waals surface area (Å²) in [7, 11) is 0. The van der Waals surface area contributed by atoms with Gasteiger partial charge in [-0.3, -0.25) is 0 Å². The van der Waals surface area contributed by atoms with Gasteiger partial charge < -0.3 is 4.90 Å². The highest BCUT2D eigenvalue weighted by Gasteiger charge is 2.38. The van der Waals surface area contributed by atoms with E-state index in [2.05, 4.69) is 59.5 Å². The summed E-state index contributed by atoms with van der Waals surface area (Å²) in [5.41, 5.74) is 6.15. The predicted octanol–water partition coefficient (Wildman–Crippen LogP) is 4.71. The van der Waals surface area contributed by atoms with Crippen LogP contribution in [0.3, 0.4) is 0 Å². The molecule has 3 aliphatic carbocycles. The van der Waals surface area contributed by atoms with Gasteiger partial charge in [0.1, 0.15) is 0 Å². The molecule has 0 saturated heterocycles. The van der Waals surface area contributed by atoms with E-state index in [1.165, 1.54) is 52.4 Å². The molecule has 1 aromatic carbocycles. The number of fused-ring (bicyclic) bond motifs is 6. The van der Waals surface area contributed by atoms with Gasteiger partial charge in [0.2, 0.25) is 0 Å². The third kappa shape index (κ3) is 2.08. The molecule has 1 nitrogen and oxygen atoms in total. The summed E-state index contributed by atoms with van der Waals surface area (Å²) < 4.78 is 1.50. The Morgan fingerprint density at radius 2 is 1.92 bits per heavy atom. The Morgan fingerprint density at radius 3 is 2.92 bits per heavy atom. The average molecular weight is 358 g/mol. The lowest BCUT2D eigenvalue weighted by molar-refractivity contribution is 0.610. The van der Waals surface area contributed by atoms with Crippen LogP contribution in [0.25, 0.3) is 18.2 Å². The quantitative estimate of drug-likeness (QED) is 0.714. The molecule has 0 spiro atoms. The van der Waals surface area contributed by atoms with E-state index in [0.29, 0.717) is 12.0 Å². The molecular weight excluding hydrogens is 334 g/mol. The Hall–Kier alpha value is -2.06. The van der Waals surface area contributed by atoms with Crippen LogP contribution in [-0.2, 0) is 6.42 Å². The fraction of sp³-hybridized carbons (Fsp3) is 0.333. The Labute approximate surface area is 158 Å². The Kier molecular flexibility index (Phi) is 3.31. The number of para-hydroxylation sites is 1. The summed E-state index contributed by atoms with van der Waals surface area (Å²) in [6, 6.07) is 9.56. The summed E-state index contributed by atoms with van der Waals surface area (Å²) in [6.07, 6.45) is 19.7.